The second-order valence-corrected chi connectivity index (χ2v) is 1.26. The van der Waals surface area contributed by atoms with Gasteiger partial charge in [-0.3, -0.25) is 10.3 Å². The number of hydrogen-bond donors (Lipinski definition) is 1. The molecule has 0 aromatic rings. The topological polar surface area (TPSA) is 21.3 Å². The number of hydroxylamine groups is 1. The van der Waals surface area contributed by atoms with E-state index >= 15 is 0 Å². The quantitative estimate of drug-likeness (QED) is 0.537. The van der Waals surface area contributed by atoms with Gasteiger partial charge in [0.05, 0.1) is 7.11 Å². The first-order valence-corrected chi connectivity index (χ1v) is 2.28. The Balaban J connectivity index is 3.00. The minimum atomic E-state index is 0.905. The van der Waals surface area contributed by atoms with Crippen molar-refractivity contribution < 1.29 is 4.84 Å². The third-order valence-corrected chi connectivity index (χ3v) is 0.673. The Bertz CT molecular complexity index is 61.1. The van der Waals surface area contributed by atoms with Gasteiger partial charge in [0.1, 0.15) is 0 Å². The maximum atomic E-state index is 4.54. The summed E-state index contributed by atoms with van der Waals surface area (Å²) < 4.78 is 0. The van der Waals surface area contributed by atoms with Crippen LogP contribution in [0.25, 0.3) is 0 Å². The van der Waals surface area contributed by atoms with Crippen molar-refractivity contribution in [3.63, 3.8) is 0 Å². The van der Waals surface area contributed by atoms with E-state index in [-0.39, 0.29) is 0 Å². The summed E-state index contributed by atoms with van der Waals surface area (Å²) in [5, 5.41) is 0. The molecule has 0 unspecified atom stereocenters. The van der Waals surface area contributed by atoms with Gasteiger partial charge in [0, 0.05) is 5.70 Å². The van der Waals surface area contributed by atoms with Crippen molar-refractivity contribution in [1.82, 2.24) is 5.48 Å². The Morgan fingerprint density at radius 2 is 2.43 bits per heavy atom. The molecular formula is C5H11NO. The SMILES string of the molecule is C=C(CC)NOC. The molecule has 0 aromatic heterocycles. The first-order valence-electron chi connectivity index (χ1n) is 2.28. The van der Waals surface area contributed by atoms with Crippen molar-refractivity contribution in [2.24, 2.45) is 0 Å². The minimum absolute atomic E-state index is 0.905. The Morgan fingerprint density at radius 1 is 1.86 bits per heavy atom. The van der Waals surface area contributed by atoms with Crippen molar-refractivity contribution in [3.8, 4) is 0 Å². The van der Waals surface area contributed by atoms with Crippen molar-refractivity contribution in [3.05, 3.63) is 12.3 Å². The lowest BCUT2D eigenvalue weighted by Crippen LogP contribution is -2.08. The molecule has 0 bridgehead atoms. The molecule has 0 heterocycles. The number of rotatable bonds is 3. The normalized spacial score (nSPS) is 8.29. The van der Waals surface area contributed by atoms with Gasteiger partial charge < -0.3 is 0 Å². The monoisotopic (exact) mass is 101 g/mol. The van der Waals surface area contributed by atoms with Crippen molar-refractivity contribution >= 4 is 0 Å². The molecule has 0 amide bonds. The molecule has 0 saturated carbocycles. The maximum absolute atomic E-state index is 4.54. The van der Waals surface area contributed by atoms with Crippen molar-refractivity contribution in [2.75, 3.05) is 7.11 Å². The van der Waals surface area contributed by atoms with Crippen LogP contribution in [-0.4, -0.2) is 7.11 Å². The van der Waals surface area contributed by atoms with Gasteiger partial charge in [-0.05, 0) is 6.42 Å². The molecule has 0 aliphatic heterocycles. The van der Waals surface area contributed by atoms with Crippen LogP contribution in [0.3, 0.4) is 0 Å². The molecule has 0 aliphatic rings. The zero-order chi connectivity index (χ0) is 5.70. The standard InChI is InChI=1S/C5H11NO/c1-4-5(2)6-7-3/h6H,2,4H2,1,3H3. The number of hydrogen-bond acceptors (Lipinski definition) is 2. The van der Waals surface area contributed by atoms with E-state index in [9.17, 15) is 0 Å². The first-order chi connectivity index (χ1) is 3.31. The predicted octanol–water partition coefficient (Wildman–Crippen LogP) is 1.06. The molecule has 0 radical (unpaired) electrons. The third kappa shape index (κ3) is 3.33. The van der Waals surface area contributed by atoms with E-state index in [4.69, 9.17) is 0 Å². The molecule has 42 valence electrons. The second-order valence-electron chi connectivity index (χ2n) is 1.26. The van der Waals surface area contributed by atoms with Crippen LogP contribution in [0.1, 0.15) is 13.3 Å². The van der Waals surface area contributed by atoms with Gasteiger partial charge in [-0.15, -0.1) is 0 Å². The minimum Gasteiger partial charge on any atom is -0.280 e. The Labute approximate surface area is 44.1 Å². The third-order valence-electron chi connectivity index (χ3n) is 0.673. The lowest BCUT2D eigenvalue weighted by Gasteiger charge is -2.00. The van der Waals surface area contributed by atoms with E-state index in [1.54, 1.807) is 7.11 Å². The second kappa shape index (κ2) is 3.68. The highest BCUT2D eigenvalue weighted by Gasteiger charge is 1.80. The van der Waals surface area contributed by atoms with Crippen LogP contribution in [-0.2, 0) is 4.84 Å². The molecule has 0 saturated heterocycles. The number of allylic oxidation sites excluding steroid dienone is 1. The van der Waals surface area contributed by atoms with Gasteiger partial charge in [0.25, 0.3) is 0 Å². The molecule has 1 N–H and O–H groups in total. The first kappa shape index (κ1) is 6.50. The zero-order valence-corrected chi connectivity index (χ0v) is 4.82. The Kier molecular flexibility index (Phi) is 3.42. The molecule has 0 atom stereocenters. The van der Waals surface area contributed by atoms with Gasteiger partial charge in [-0.1, -0.05) is 13.5 Å². The van der Waals surface area contributed by atoms with Crippen LogP contribution in [0.15, 0.2) is 12.3 Å². The molecule has 0 aromatic carbocycles. The lowest BCUT2D eigenvalue weighted by atomic mass is 10.4. The van der Waals surface area contributed by atoms with E-state index < -0.39 is 0 Å². The molecule has 7 heavy (non-hydrogen) atoms. The van der Waals surface area contributed by atoms with Gasteiger partial charge in [0.2, 0.25) is 0 Å². The molecule has 0 aliphatic carbocycles. The summed E-state index contributed by atoms with van der Waals surface area (Å²) >= 11 is 0. The summed E-state index contributed by atoms with van der Waals surface area (Å²) in [5.41, 5.74) is 3.51. The fourth-order valence-corrected chi connectivity index (χ4v) is 0.217. The smallest absolute Gasteiger partial charge is 0.0636 e. The average molecular weight is 101 g/mol. The predicted molar refractivity (Wildman–Crippen MR) is 29.6 cm³/mol. The molecule has 2 heteroatoms. The molecular weight excluding hydrogens is 90.1 g/mol. The summed E-state index contributed by atoms with van der Waals surface area (Å²) in [6.45, 7) is 5.64. The summed E-state index contributed by atoms with van der Waals surface area (Å²) in [7, 11) is 1.57. The van der Waals surface area contributed by atoms with Crippen LogP contribution < -0.4 is 5.48 Å². The zero-order valence-electron chi connectivity index (χ0n) is 4.82. The highest BCUT2D eigenvalue weighted by atomic mass is 16.6. The molecule has 0 spiro atoms. The summed E-state index contributed by atoms with van der Waals surface area (Å²) in [6.07, 6.45) is 0.911. The van der Waals surface area contributed by atoms with Gasteiger partial charge in [-0.25, -0.2) is 0 Å². The van der Waals surface area contributed by atoms with Crippen molar-refractivity contribution in [2.45, 2.75) is 13.3 Å². The largest absolute Gasteiger partial charge is 0.280 e. The maximum Gasteiger partial charge on any atom is 0.0636 e. The highest BCUT2D eigenvalue weighted by molar-refractivity contribution is 4.84. The fourth-order valence-electron chi connectivity index (χ4n) is 0.217. The molecule has 0 fully saturated rings. The lowest BCUT2D eigenvalue weighted by molar-refractivity contribution is 0.116. The van der Waals surface area contributed by atoms with Gasteiger partial charge >= 0.3 is 0 Å². The number of nitrogens with one attached hydrogen (secondary N) is 1. The van der Waals surface area contributed by atoms with Crippen LogP contribution in [0.4, 0.5) is 0 Å². The van der Waals surface area contributed by atoms with Crippen LogP contribution >= 0.6 is 0 Å². The highest BCUT2D eigenvalue weighted by Crippen LogP contribution is 1.86. The fraction of sp³-hybridized carbons (Fsp3) is 0.600. The van der Waals surface area contributed by atoms with E-state index in [1.165, 1.54) is 0 Å². The van der Waals surface area contributed by atoms with Crippen LogP contribution in [0.5, 0.6) is 0 Å². The Morgan fingerprint density at radius 3 is 2.57 bits per heavy atom. The molecule has 0 rings (SSSR count). The van der Waals surface area contributed by atoms with E-state index in [0.717, 1.165) is 12.1 Å². The summed E-state index contributed by atoms with van der Waals surface area (Å²) in [6, 6.07) is 0. The van der Waals surface area contributed by atoms with E-state index in [0.29, 0.717) is 0 Å². The van der Waals surface area contributed by atoms with E-state index in [2.05, 4.69) is 16.9 Å². The van der Waals surface area contributed by atoms with Crippen molar-refractivity contribution in [1.29, 1.82) is 0 Å². The van der Waals surface area contributed by atoms with E-state index in [1.807, 2.05) is 6.92 Å². The molecule has 2 nitrogen and oxygen atoms in total. The van der Waals surface area contributed by atoms with Gasteiger partial charge in [0.15, 0.2) is 0 Å². The Hall–Kier alpha value is -0.500. The average Bonchev–Trinajstić information content (AvgIpc) is 1.68. The summed E-state index contributed by atoms with van der Waals surface area (Å²) in [5.74, 6) is 0. The van der Waals surface area contributed by atoms with Crippen LogP contribution in [0.2, 0.25) is 0 Å². The summed E-state index contributed by atoms with van der Waals surface area (Å²) in [4.78, 5) is 4.54. The van der Waals surface area contributed by atoms with Gasteiger partial charge in [-0.2, -0.15) is 0 Å². The van der Waals surface area contributed by atoms with Crippen LogP contribution in [0, 0.1) is 0 Å².